The standard InChI is InChI=1S/C22H21NO4/c1-15-14-18(17-9-4-2-3-8-16(15)17)22(26)23-19-10-5-6-11-20(19)27-13-7-12-21(24)25/h2-6,8-11,14H,7,12-13H2,1H3,(H,23,26)(H,24,25). The molecule has 0 spiro atoms. The quantitative estimate of drug-likeness (QED) is 0.602. The van der Waals surface area contributed by atoms with E-state index in [-0.39, 0.29) is 18.9 Å². The highest BCUT2D eigenvalue weighted by Crippen LogP contribution is 2.32. The van der Waals surface area contributed by atoms with Gasteiger partial charge in [-0.25, -0.2) is 0 Å². The fraction of sp³-hybridized carbons (Fsp3) is 0.182. The summed E-state index contributed by atoms with van der Waals surface area (Å²) < 4.78 is 5.65. The Morgan fingerprint density at radius 1 is 1.00 bits per heavy atom. The largest absolute Gasteiger partial charge is 0.491 e. The first-order valence-corrected chi connectivity index (χ1v) is 8.79. The van der Waals surface area contributed by atoms with Gasteiger partial charge < -0.3 is 15.2 Å². The number of anilines is 1. The number of benzene rings is 1. The zero-order valence-electron chi connectivity index (χ0n) is 15.1. The Labute approximate surface area is 157 Å². The highest BCUT2D eigenvalue weighted by atomic mass is 16.5. The molecule has 0 saturated carbocycles. The van der Waals surface area contributed by atoms with Gasteiger partial charge in [-0.1, -0.05) is 42.5 Å². The third-order valence-corrected chi connectivity index (χ3v) is 4.29. The van der Waals surface area contributed by atoms with Crippen LogP contribution in [0.15, 0.2) is 60.7 Å². The first-order valence-electron chi connectivity index (χ1n) is 8.79. The molecule has 2 aliphatic rings. The molecule has 0 unspecified atom stereocenters. The van der Waals surface area contributed by atoms with Crippen molar-refractivity contribution in [1.82, 2.24) is 0 Å². The minimum atomic E-state index is -0.855. The van der Waals surface area contributed by atoms with Crippen LogP contribution in [-0.2, 0) is 4.79 Å². The number of aliphatic carboxylic acids is 1. The van der Waals surface area contributed by atoms with Crippen molar-refractivity contribution in [2.45, 2.75) is 19.8 Å². The smallest absolute Gasteiger partial charge is 0.303 e. The van der Waals surface area contributed by atoms with Crippen molar-refractivity contribution in [2.75, 3.05) is 11.9 Å². The van der Waals surface area contributed by atoms with Crippen molar-refractivity contribution in [3.8, 4) is 16.9 Å². The van der Waals surface area contributed by atoms with Crippen LogP contribution in [0.2, 0.25) is 0 Å². The molecule has 0 saturated heterocycles. The second-order valence-electron chi connectivity index (χ2n) is 6.28. The van der Waals surface area contributed by atoms with Crippen LogP contribution in [0.4, 0.5) is 5.69 Å². The van der Waals surface area contributed by atoms with E-state index in [1.165, 1.54) is 0 Å². The number of nitrogens with one attached hydrogen (secondary N) is 1. The lowest BCUT2D eigenvalue weighted by Gasteiger charge is -2.12. The number of rotatable bonds is 7. The number of amides is 1. The molecule has 1 aromatic carbocycles. The van der Waals surface area contributed by atoms with E-state index in [0.717, 1.165) is 16.7 Å². The normalized spacial score (nSPS) is 10.6. The first-order chi connectivity index (χ1) is 13.1. The third-order valence-electron chi connectivity index (χ3n) is 4.29. The van der Waals surface area contributed by atoms with Crippen molar-refractivity contribution in [1.29, 1.82) is 0 Å². The van der Waals surface area contributed by atoms with Crippen molar-refractivity contribution in [2.24, 2.45) is 0 Å². The van der Waals surface area contributed by atoms with Crippen molar-refractivity contribution in [3.05, 3.63) is 71.8 Å². The lowest BCUT2D eigenvalue weighted by molar-refractivity contribution is -0.137. The van der Waals surface area contributed by atoms with Gasteiger partial charge in [0.2, 0.25) is 0 Å². The van der Waals surface area contributed by atoms with Crippen molar-refractivity contribution >= 4 is 17.6 Å². The summed E-state index contributed by atoms with van der Waals surface area (Å²) in [7, 11) is 0. The van der Waals surface area contributed by atoms with Gasteiger partial charge in [0.15, 0.2) is 0 Å². The molecule has 3 rings (SSSR count). The number of carbonyl (C=O) groups is 2. The average molecular weight is 363 g/mol. The van der Waals surface area contributed by atoms with Gasteiger partial charge in [0.25, 0.3) is 5.91 Å². The van der Waals surface area contributed by atoms with E-state index in [1.54, 1.807) is 12.1 Å². The van der Waals surface area contributed by atoms with Crippen LogP contribution in [-0.4, -0.2) is 23.6 Å². The summed E-state index contributed by atoms with van der Waals surface area (Å²) in [5.41, 5.74) is 4.16. The SMILES string of the molecule is Cc1cc(C(=O)Nc2ccccc2OCCCC(=O)O)c2cccccc1-2. The Bertz CT molecular complexity index is 935. The molecule has 0 radical (unpaired) electrons. The van der Waals surface area contributed by atoms with Gasteiger partial charge in [-0.15, -0.1) is 0 Å². The minimum absolute atomic E-state index is 0.0460. The van der Waals surface area contributed by atoms with Gasteiger partial charge in [0, 0.05) is 12.0 Å². The summed E-state index contributed by atoms with van der Waals surface area (Å²) in [6, 6.07) is 18.8. The summed E-state index contributed by atoms with van der Waals surface area (Å²) in [6.07, 6.45) is 0.450. The topological polar surface area (TPSA) is 75.6 Å². The van der Waals surface area contributed by atoms with E-state index in [1.807, 2.05) is 55.5 Å². The summed E-state index contributed by atoms with van der Waals surface area (Å²) >= 11 is 0. The molecule has 0 fully saturated rings. The zero-order chi connectivity index (χ0) is 19.2. The number of carbonyl (C=O) groups excluding carboxylic acids is 1. The predicted molar refractivity (Wildman–Crippen MR) is 105 cm³/mol. The second-order valence-corrected chi connectivity index (χ2v) is 6.28. The van der Waals surface area contributed by atoms with E-state index in [4.69, 9.17) is 9.84 Å². The van der Waals surface area contributed by atoms with Crippen molar-refractivity contribution in [3.63, 3.8) is 0 Å². The molecule has 1 amide bonds. The summed E-state index contributed by atoms with van der Waals surface area (Å²) in [5, 5.41) is 11.6. The van der Waals surface area contributed by atoms with Crippen LogP contribution >= 0.6 is 0 Å². The van der Waals surface area contributed by atoms with E-state index >= 15 is 0 Å². The van der Waals surface area contributed by atoms with Crippen LogP contribution in [0.1, 0.15) is 28.8 Å². The molecular weight excluding hydrogens is 342 g/mol. The molecule has 2 aliphatic carbocycles. The predicted octanol–water partition coefficient (Wildman–Crippen LogP) is 4.60. The second kappa shape index (κ2) is 8.36. The summed E-state index contributed by atoms with van der Waals surface area (Å²) in [5.74, 6) is -0.540. The number of carboxylic acids is 1. The molecule has 0 atom stereocenters. The third kappa shape index (κ3) is 4.44. The van der Waals surface area contributed by atoms with Gasteiger partial charge in [-0.2, -0.15) is 0 Å². The maximum absolute atomic E-state index is 12.9. The highest BCUT2D eigenvalue weighted by Gasteiger charge is 2.19. The number of hydrogen-bond donors (Lipinski definition) is 2. The van der Waals surface area contributed by atoms with Crippen LogP contribution in [0, 0.1) is 6.92 Å². The van der Waals surface area contributed by atoms with Gasteiger partial charge in [-0.05, 0) is 48.2 Å². The number of fused-ring (bicyclic) bond motifs is 1. The maximum atomic E-state index is 12.9. The molecule has 2 N–H and O–H groups in total. The Morgan fingerprint density at radius 2 is 1.70 bits per heavy atom. The molecule has 0 heterocycles. The highest BCUT2D eigenvalue weighted by molar-refractivity contribution is 6.10. The zero-order valence-corrected chi connectivity index (χ0v) is 15.1. The average Bonchev–Trinajstić information content (AvgIpc) is 2.82. The Balaban J connectivity index is 1.77. The van der Waals surface area contributed by atoms with Gasteiger partial charge >= 0.3 is 5.97 Å². The molecule has 27 heavy (non-hydrogen) atoms. The molecule has 0 aliphatic heterocycles. The van der Waals surface area contributed by atoms with Gasteiger partial charge in [0.05, 0.1) is 12.3 Å². The molecule has 5 nitrogen and oxygen atoms in total. The first kappa shape index (κ1) is 18.5. The number of carboxylic acid groups (broad SMARTS) is 1. The van der Waals surface area contributed by atoms with Crippen molar-refractivity contribution < 1.29 is 19.4 Å². The molecule has 138 valence electrons. The lowest BCUT2D eigenvalue weighted by Crippen LogP contribution is -2.13. The number of aryl methyl sites for hydroxylation is 1. The summed E-state index contributed by atoms with van der Waals surface area (Å²) in [6.45, 7) is 2.26. The number of hydrogen-bond acceptors (Lipinski definition) is 3. The maximum Gasteiger partial charge on any atom is 0.303 e. The van der Waals surface area contributed by atoms with Gasteiger partial charge in [-0.3, -0.25) is 9.59 Å². The Hall–Kier alpha value is -3.34. The molecular formula is C22H21NO4. The monoisotopic (exact) mass is 363 g/mol. The van der Waals surface area contributed by atoms with Gasteiger partial charge in [0.1, 0.15) is 5.75 Å². The number of ether oxygens (including phenoxy) is 1. The molecule has 0 aromatic heterocycles. The fourth-order valence-corrected chi connectivity index (χ4v) is 2.98. The van der Waals surface area contributed by atoms with E-state index < -0.39 is 5.97 Å². The van der Waals surface area contributed by atoms with E-state index in [9.17, 15) is 9.59 Å². The van der Waals surface area contributed by atoms with E-state index in [2.05, 4.69) is 5.32 Å². The van der Waals surface area contributed by atoms with Crippen LogP contribution in [0.5, 0.6) is 5.75 Å². The molecule has 5 heteroatoms. The molecule has 1 aromatic rings. The lowest BCUT2D eigenvalue weighted by atomic mass is 10.1. The van der Waals surface area contributed by atoms with E-state index in [0.29, 0.717) is 23.4 Å². The Kier molecular flexibility index (Phi) is 5.71. The summed E-state index contributed by atoms with van der Waals surface area (Å²) in [4.78, 5) is 23.5. The van der Waals surface area contributed by atoms with Crippen LogP contribution in [0.3, 0.4) is 0 Å². The minimum Gasteiger partial charge on any atom is -0.491 e. The molecule has 0 bridgehead atoms. The number of para-hydroxylation sites is 2. The van der Waals surface area contributed by atoms with Crippen LogP contribution < -0.4 is 10.1 Å². The Morgan fingerprint density at radius 3 is 2.48 bits per heavy atom. The van der Waals surface area contributed by atoms with Crippen LogP contribution in [0.25, 0.3) is 11.1 Å². The fourth-order valence-electron chi connectivity index (χ4n) is 2.98.